The maximum absolute atomic E-state index is 12.2. The van der Waals surface area contributed by atoms with Crippen LogP contribution >= 0.6 is 11.8 Å². The fourth-order valence-electron chi connectivity index (χ4n) is 2.52. The first kappa shape index (κ1) is 14.6. The Morgan fingerprint density at radius 3 is 2.95 bits per heavy atom. The standard InChI is InChI=1S/C16H23NOS/c1-12-5-4-6-15(11-12)16(18)7-8-17-9-10-19-14(3)13(17)2/h4-6,11,13-14H,7-10H2,1-3H3. The first-order valence-corrected chi connectivity index (χ1v) is 8.08. The Morgan fingerprint density at radius 2 is 2.21 bits per heavy atom. The summed E-state index contributed by atoms with van der Waals surface area (Å²) in [5.41, 5.74) is 2.01. The Hall–Kier alpha value is -0.800. The monoisotopic (exact) mass is 277 g/mol. The number of hydrogen-bond donors (Lipinski definition) is 0. The van der Waals surface area contributed by atoms with Crippen molar-refractivity contribution >= 4 is 17.5 Å². The molecular weight excluding hydrogens is 254 g/mol. The van der Waals surface area contributed by atoms with E-state index in [2.05, 4.69) is 18.7 Å². The van der Waals surface area contributed by atoms with Gasteiger partial charge in [0.05, 0.1) is 0 Å². The van der Waals surface area contributed by atoms with Gasteiger partial charge in [-0.15, -0.1) is 0 Å². The summed E-state index contributed by atoms with van der Waals surface area (Å²) in [6, 6.07) is 8.48. The van der Waals surface area contributed by atoms with E-state index in [4.69, 9.17) is 0 Å². The third-order valence-corrected chi connectivity index (χ3v) is 5.32. The molecule has 0 aliphatic carbocycles. The van der Waals surface area contributed by atoms with Crippen molar-refractivity contribution in [2.75, 3.05) is 18.8 Å². The molecule has 0 spiro atoms. The van der Waals surface area contributed by atoms with Crippen molar-refractivity contribution in [3.05, 3.63) is 35.4 Å². The van der Waals surface area contributed by atoms with Gasteiger partial charge in [-0.3, -0.25) is 9.69 Å². The highest BCUT2D eigenvalue weighted by Crippen LogP contribution is 2.24. The summed E-state index contributed by atoms with van der Waals surface area (Å²) in [4.78, 5) is 14.6. The van der Waals surface area contributed by atoms with Crippen LogP contribution in [0, 0.1) is 6.92 Å². The molecule has 1 fully saturated rings. The molecule has 0 radical (unpaired) electrons. The van der Waals surface area contributed by atoms with E-state index in [-0.39, 0.29) is 5.78 Å². The Bertz CT molecular complexity index is 446. The molecule has 0 saturated carbocycles. The average Bonchev–Trinajstić information content (AvgIpc) is 2.40. The van der Waals surface area contributed by atoms with E-state index < -0.39 is 0 Å². The number of carbonyl (C=O) groups is 1. The summed E-state index contributed by atoms with van der Waals surface area (Å²) >= 11 is 2.04. The van der Waals surface area contributed by atoms with Gasteiger partial charge in [0.15, 0.2) is 5.78 Å². The number of ketones is 1. The molecule has 1 aromatic carbocycles. The van der Waals surface area contributed by atoms with Crippen LogP contribution in [0.5, 0.6) is 0 Å². The lowest BCUT2D eigenvalue weighted by molar-refractivity contribution is 0.0954. The first-order valence-electron chi connectivity index (χ1n) is 7.03. The molecule has 0 bridgehead atoms. The molecule has 1 aromatic rings. The Labute approximate surface area is 120 Å². The van der Waals surface area contributed by atoms with Crippen LogP contribution in [0.25, 0.3) is 0 Å². The number of carbonyl (C=O) groups excluding carboxylic acids is 1. The molecule has 1 aliphatic rings. The summed E-state index contributed by atoms with van der Waals surface area (Å²) in [5, 5.41) is 0.669. The largest absolute Gasteiger partial charge is 0.298 e. The Morgan fingerprint density at radius 1 is 1.42 bits per heavy atom. The molecule has 1 saturated heterocycles. The van der Waals surface area contributed by atoms with Gasteiger partial charge in [0.2, 0.25) is 0 Å². The quantitative estimate of drug-likeness (QED) is 0.787. The Kier molecular flexibility index (Phi) is 5.06. The van der Waals surface area contributed by atoms with Gasteiger partial charge in [-0.05, 0) is 19.9 Å². The van der Waals surface area contributed by atoms with Crippen LogP contribution in [-0.4, -0.2) is 40.8 Å². The average molecular weight is 277 g/mol. The van der Waals surface area contributed by atoms with Crippen molar-refractivity contribution in [2.45, 2.75) is 38.5 Å². The highest BCUT2D eigenvalue weighted by molar-refractivity contribution is 8.00. The molecule has 2 unspecified atom stereocenters. The van der Waals surface area contributed by atoms with Crippen LogP contribution in [0.3, 0.4) is 0 Å². The van der Waals surface area contributed by atoms with Gasteiger partial charge >= 0.3 is 0 Å². The van der Waals surface area contributed by atoms with E-state index in [0.29, 0.717) is 17.7 Å². The summed E-state index contributed by atoms with van der Waals surface area (Å²) in [6.45, 7) is 8.58. The minimum absolute atomic E-state index is 0.266. The second kappa shape index (κ2) is 6.58. The van der Waals surface area contributed by atoms with Crippen molar-refractivity contribution < 1.29 is 4.79 Å². The highest BCUT2D eigenvalue weighted by atomic mass is 32.2. The second-order valence-electron chi connectivity index (χ2n) is 5.40. The summed E-state index contributed by atoms with van der Waals surface area (Å²) < 4.78 is 0. The van der Waals surface area contributed by atoms with Gasteiger partial charge in [-0.2, -0.15) is 11.8 Å². The van der Waals surface area contributed by atoms with E-state index in [1.165, 1.54) is 5.75 Å². The van der Waals surface area contributed by atoms with Crippen LogP contribution in [0.4, 0.5) is 0 Å². The van der Waals surface area contributed by atoms with E-state index in [0.717, 1.165) is 24.2 Å². The number of hydrogen-bond acceptors (Lipinski definition) is 3. The Balaban J connectivity index is 1.90. The van der Waals surface area contributed by atoms with Crippen LogP contribution in [0.2, 0.25) is 0 Å². The second-order valence-corrected chi connectivity index (χ2v) is 6.88. The predicted octanol–water partition coefficient (Wildman–Crippen LogP) is 3.39. The maximum atomic E-state index is 12.2. The zero-order valence-corrected chi connectivity index (χ0v) is 12.9. The summed E-state index contributed by atoms with van der Waals surface area (Å²) in [5.74, 6) is 1.45. The van der Waals surface area contributed by atoms with E-state index in [1.807, 2.05) is 43.0 Å². The fraction of sp³-hybridized carbons (Fsp3) is 0.562. The minimum atomic E-state index is 0.266. The van der Waals surface area contributed by atoms with Crippen molar-refractivity contribution in [2.24, 2.45) is 0 Å². The first-order chi connectivity index (χ1) is 9.08. The lowest BCUT2D eigenvalue weighted by atomic mass is 10.1. The highest BCUT2D eigenvalue weighted by Gasteiger charge is 2.25. The third kappa shape index (κ3) is 3.83. The number of thioether (sulfide) groups is 1. The fourth-order valence-corrected chi connectivity index (χ4v) is 3.68. The normalized spacial score (nSPS) is 24.4. The molecule has 1 aliphatic heterocycles. The van der Waals surface area contributed by atoms with Gasteiger partial charge in [0, 0.05) is 42.1 Å². The minimum Gasteiger partial charge on any atom is -0.298 e. The lowest BCUT2D eigenvalue weighted by Crippen LogP contribution is -2.45. The molecule has 19 heavy (non-hydrogen) atoms. The zero-order valence-electron chi connectivity index (χ0n) is 12.1. The SMILES string of the molecule is Cc1cccc(C(=O)CCN2CCSC(C)C2C)c1. The van der Waals surface area contributed by atoms with Crippen LogP contribution in [0.15, 0.2) is 24.3 Å². The van der Waals surface area contributed by atoms with Gasteiger partial charge in [-0.1, -0.05) is 30.7 Å². The van der Waals surface area contributed by atoms with Gasteiger partial charge in [0.1, 0.15) is 0 Å². The summed E-state index contributed by atoms with van der Waals surface area (Å²) in [6.07, 6.45) is 0.630. The number of rotatable bonds is 4. The molecule has 0 N–H and O–H groups in total. The van der Waals surface area contributed by atoms with Crippen molar-refractivity contribution in [3.8, 4) is 0 Å². The van der Waals surface area contributed by atoms with Gasteiger partial charge in [0.25, 0.3) is 0 Å². The molecule has 0 amide bonds. The predicted molar refractivity (Wildman–Crippen MR) is 83.1 cm³/mol. The molecule has 3 heteroatoms. The molecule has 1 heterocycles. The lowest BCUT2D eigenvalue weighted by Gasteiger charge is -2.37. The smallest absolute Gasteiger partial charge is 0.164 e. The van der Waals surface area contributed by atoms with Gasteiger partial charge < -0.3 is 0 Å². The molecule has 104 valence electrons. The van der Waals surface area contributed by atoms with E-state index in [1.54, 1.807) is 0 Å². The van der Waals surface area contributed by atoms with Crippen molar-refractivity contribution in [1.29, 1.82) is 0 Å². The topological polar surface area (TPSA) is 20.3 Å². The summed E-state index contributed by atoms with van der Waals surface area (Å²) in [7, 11) is 0. The molecule has 2 atom stereocenters. The zero-order chi connectivity index (χ0) is 13.8. The van der Waals surface area contributed by atoms with Crippen LogP contribution < -0.4 is 0 Å². The molecular formula is C16H23NOS. The van der Waals surface area contributed by atoms with Crippen LogP contribution in [-0.2, 0) is 0 Å². The van der Waals surface area contributed by atoms with Crippen molar-refractivity contribution in [1.82, 2.24) is 4.90 Å². The van der Waals surface area contributed by atoms with Crippen LogP contribution in [0.1, 0.15) is 36.2 Å². The number of nitrogens with zero attached hydrogens (tertiary/aromatic N) is 1. The van der Waals surface area contributed by atoms with Gasteiger partial charge in [-0.25, -0.2) is 0 Å². The maximum Gasteiger partial charge on any atom is 0.164 e. The number of Topliss-reactive ketones (excluding diaryl/α,β-unsaturated/α-hetero) is 1. The molecule has 0 aromatic heterocycles. The number of benzene rings is 1. The molecule has 2 nitrogen and oxygen atoms in total. The molecule has 2 rings (SSSR count). The van der Waals surface area contributed by atoms with Crippen molar-refractivity contribution in [3.63, 3.8) is 0 Å². The third-order valence-electron chi connectivity index (χ3n) is 3.98. The number of aryl methyl sites for hydroxylation is 1. The van der Waals surface area contributed by atoms with E-state index in [9.17, 15) is 4.79 Å². The van der Waals surface area contributed by atoms with E-state index >= 15 is 0 Å².